The Hall–Kier alpha value is -1.15. The molecule has 1 atom stereocenters. The highest BCUT2D eigenvalue weighted by Crippen LogP contribution is 2.31. The molecule has 1 rings (SSSR count). The molecule has 0 saturated carbocycles. The van der Waals surface area contributed by atoms with E-state index in [0.717, 1.165) is 6.42 Å². The molecule has 0 aromatic heterocycles. The maximum absolute atomic E-state index is 11.4. The van der Waals surface area contributed by atoms with Crippen molar-refractivity contribution in [2.45, 2.75) is 40.7 Å². The van der Waals surface area contributed by atoms with Crippen molar-refractivity contribution >= 4 is 5.78 Å². The second kappa shape index (κ2) is 6.69. The molecule has 2 heteroatoms. The fourth-order valence-electron chi connectivity index (χ4n) is 1.87. The van der Waals surface area contributed by atoms with Crippen molar-refractivity contribution in [2.24, 2.45) is 11.3 Å². The van der Waals surface area contributed by atoms with Crippen LogP contribution in [0, 0.1) is 11.3 Å². The number of carbonyl (C=O) groups is 1. The fourth-order valence-corrected chi connectivity index (χ4v) is 1.87. The lowest BCUT2D eigenvalue weighted by Gasteiger charge is -2.30. The molecule has 0 aliphatic heterocycles. The minimum absolute atomic E-state index is 0.00250. The predicted molar refractivity (Wildman–Crippen MR) is 74.3 cm³/mol. The Kier molecular flexibility index (Phi) is 5.54. The van der Waals surface area contributed by atoms with E-state index in [1.165, 1.54) is 5.56 Å². The van der Waals surface area contributed by atoms with Crippen LogP contribution < -0.4 is 0 Å². The van der Waals surface area contributed by atoms with Crippen LogP contribution in [0.4, 0.5) is 0 Å². The van der Waals surface area contributed by atoms with Gasteiger partial charge >= 0.3 is 0 Å². The van der Waals surface area contributed by atoms with E-state index >= 15 is 0 Å². The molecule has 0 amide bonds. The largest absolute Gasteiger partial charge is 0.377 e. The first-order valence-electron chi connectivity index (χ1n) is 6.55. The number of hydrogen-bond donors (Lipinski definition) is 0. The second-order valence-corrected chi connectivity index (χ2v) is 5.61. The van der Waals surface area contributed by atoms with Gasteiger partial charge in [0.2, 0.25) is 0 Å². The first-order valence-corrected chi connectivity index (χ1v) is 6.55. The molecule has 1 aromatic rings. The monoisotopic (exact) mass is 248 g/mol. The molecule has 0 N–H and O–H groups in total. The third kappa shape index (κ3) is 4.61. The summed E-state index contributed by atoms with van der Waals surface area (Å²) in [4.78, 5) is 11.4. The molecule has 18 heavy (non-hydrogen) atoms. The SMILES string of the molecule is CC(=O)C(C)C(C)(C)CCOCc1ccccc1. The second-order valence-electron chi connectivity index (χ2n) is 5.61. The molecule has 0 radical (unpaired) electrons. The summed E-state index contributed by atoms with van der Waals surface area (Å²) in [6, 6.07) is 10.1. The average Bonchev–Trinajstić information content (AvgIpc) is 2.35. The van der Waals surface area contributed by atoms with Gasteiger partial charge in [-0.3, -0.25) is 4.79 Å². The van der Waals surface area contributed by atoms with Gasteiger partial charge in [0.05, 0.1) is 6.61 Å². The normalized spacial score (nSPS) is 13.3. The summed E-state index contributed by atoms with van der Waals surface area (Å²) >= 11 is 0. The minimum Gasteiger partial charge on any atom is -0.377 e. The molecule has 1 aromatic carbocycles. The molecule has 0 spiro atoms. The van der Waals surface area contributed by atoms with Crippen LogP contribution >= 0.6 is 0 Å². The molecule has 0 heterocycles. The van der Waals surface area contributed by atoms with Gasteiger partial charge in [-0.15, -0.1) is 0 Å². The Morgan fingerprint density at radius 1 is 1.28 bits per heavy atom. The lowest BCUT2D eigenvalue weighted by molar-refractivity contribution is -0.123. The number of hydrogen-bond acceptors (Lipinski definition) is 2. The van der Waals surface area contributed by atoms with Gasteiger partial charge in [0.1, 0.15) is 5.78 Å². The van der Waals surface area contributed by atoms with Gasteiger partial charge in [-0.05, 0) is 24.3 Å². The highest BCUT2D eigenvalue weighted by molar-refractivity contribution is 5.78. The van der Waals surface area contributed by atoms with E-state index in [1.807, 2.05) is 25.1 Å². The van der Waals surface area contributed by atoms with Crippen molar-refractivity contribution in [2.75, 3.05) is 6.61 Å². The molecule has 0 fully saturated rings. The van der Waals surface area contributed by atoms with Crippen LogP contribution in [-0.4, -0.2) is 12.4 Å². The van der Waals surface area contributed by atoms with Crippen LogP contribution in [-0.2, 0) is 16.1 Å². The van der Waals surface area contributed by atoms with Gasteiger partial charge in [-0.25, -0.2) is 0 Å². The first-order chi connectivity index (χ1) is 8.43. The standard InChI is InChI=1S/C16H24O2/c1-13(14(2)17)16(3,4)10-11-18-12-15-8-6-5-7-9-15/h5-9,13H,10-12H2,1-4H3. The number of ketones is 1. The molecule has 0 aliphatic rings. The summed E-state index contributed by atoms with van der Waals surface area (Å²) in [6.07, 6.45) is 0.903. The summed E-state index contributed by atoms with van der Waals surface area (Å²) in [5, 5.41) is 0. The average molecular weight is 248 g/mol. The molecule has 0 bridgehead atoms. The molecule has 2 nitrogen and oxygen atoms in total. The van der Waals surface area contributed by atoms with Crippen LogP contribution in [0.15, 0.2) is 30.3 Å². The van der Waals surface area contributed by atoms with E-state index < -0.39 is 0 Å². The van der Waals surface area contributed by atoms with Crippen molar-refractivity contribution < 1.29 is 9.53 Å². The third-order valence-corrected chi connectivity index (χ3v) is 3.78. The smallest absolute Gasteiger partial charge is 0.133 e. The lowest BCUT2D eigenvalue weighted by atomic mass is 9.76. The molecule has 0 aliphatic carbocycles. The van der Waals surface area contributed by atoms with E-state index in [9.17, 15) is 4.79 Å². The van der Waals surface area contributed by atoms with Crippen LogP contribution in [0.3, 0.4) is 0 Å². The molecular weight excluding hydrogens is 224 g/mol. The van der Waals surface area contributed by atoms with E-state index in [2.05, 4.69) is 26.0 Å². The number of rotatable bonds is 7. The highest BCUT2D eigenvalue weighted by atomic mass is 16.5. The summed E-state index contributed by atoms with van der Waals surface area (Å²) in [5.41, 5.74) is 1.19. The number of ether oxygens (including phenoxy) is 1. The Bertz CT molecular complexity index is 368. The van der Waals surface area contributed by atoms with Crippen LogP contribution in [0.2, 0.25) is 0 Å². The number of carbonyl (C=O) groups excluding carboxylic acids is 1. The molecular formula is C16H24O2. The van der Waals surface area contributed by atoms with Gasteiger partial charge in [-0.1, -0.05) is 51.1 Å². The quantitative estimate of drug-likeness (QED) is 0.685. The van der Waals surface area contributed by atoms with E-state index in [0.29, 0.717) is 13.2 Å². The lowest BCUT2D eigenvalue weighted by Crippen LogP contribution is -2.28. The van der Waals surface area contributed by atoms with E-state index in [1.54, 1.807) is 6.92 Å². The molecule has 100 valence electrons. The molecule has 1 unspecified atom stereocenters. The van der Waals surface area contributed by atoms with E-state index in [4.69, 9.17) is 4.74 Å². The fraction of sp³-hybridized carbons (Fsp3) is 0.562. The van der Waals surface area contributed by atoms with Crippen molar-refractivity contribution in [3.63, 3.8) is 0 Å². The van der Waals surface area contributed by atoms with Gasteiger partial charge in [0.15, 0.2) is 0 Å². The van der Waals surface area contributed by atoms with Crippen molar-refractivity contribution in [3.05, 3.63) is 35.9 Å². The van der Waals surface area contributed by atoms with Crippen LogP contribution in [0.25, 0.3) is 0 Å². The highest BCUT2D eigenvalue weighted by Gasteiger charge is 2.28. The Morgan fingerprint density at radius 3 is 2.44 bits per heavy atom. The molecule has 0 saturated heterocycles. The van der Waals surface area contributed by atoms with Gasteiger partial charge in [0, 0.05) is 12.5 Å². The van der Waals surface area contributed by atoms with Crippen molar-refractivity contribution in [1.82, 2.24) is 0 Å². The summed E-state index contributed by atoms with van der Waals surface area (Å²) in [6.45, 7) is 9.26. The summed E-state index contributed by atoms with van der Waals surface area (Å²) in [7, 11) is 0. The predicted octanol–water partition coefficient (Wildman–Crippen LogP) is 3.84. The Labute approximate surface area is 110 Å². The first kappa shape index (κ1) is 14.9. The maximum atomic E-state index is 11.4. The minimum atomic E-state index is 0.00250. The Balaban J connectivity index is 2.31. The number of Topliss-reactive ketones (excluding diaryl/α,β-unsaturated/α-hetero) is 1. The third-order valence-electron chi connectivity index (χ3n) is 3.78. The number of benzene rings is 1. The zero-order valence-corrected chi connectivity index (χ0v) is 11.9. The topological polar surface area (TPSA) is 26.3 Å². The maximum Gasteiger partial charge on any atom is 0.133 e. The zero-order valence-electron chi connectivity index (χ0n) is 11.9. The van der Waals surface area contributed by atoms with Crippen molar-refractivity contribution in [3.8, 4) is 0 Å². The van der Waals surface area contributed by atoms with Gasteiger partial charge in [0.25, 0.3) is 0 Å². The summed E-state index contributed by atoms with van der Waals surface area (Å²) in [5.74, 6) is 0.334. The van der Waals surface area contributed by atoms with Crippen LogP contribution in [0.5, 0.6) is 0 Å². The Morgan fingerprint density at radius 2 is 1.89 bits per heavy atom. The van der Waals surface area contributed by atoms with Gasteiger partial charge in [-0.2, -0.15) is 0 Å². The van der Waals surface area contributed by atoms with Crippen molar-refractivity contribution in [1.29, 1.82) is 0 Å². The van der Waals surface area contributed by atoms with E-state index in [-0.39, 0.29) is 17.1 Å². The zero-order chi connectivity index (χ0) is 13.6. The van der Waals surface area contributed by atoms with Crippen LogP contribution in [0.1, 0.15) is 39.7 Å². The van der Waals surface area contributed by atoms with Gasteiger partial charge < -0.3 is 4.74 Å². The summed E-state index contributed by atoms with van der Waals surface area (Å²) < 4.78 is 5.67.